The Labute approximate surface area is 296 Å². The van der Waals surface area contributed by atoms with Gasteiger partial charge in [-0.25, -0.2) is 0 Å². The van der Waals surface area contributed by atoms with Crippen LogP contribution in [0.2, 0.25) is 0 Å². The van der Waals surface area contributed by atoms with E-state index >= 15 is 0 Å². The number of nitrogens with one attached hydrogen (secondary N) is 2. The molecule has 4 nitrogen and oxygen atoms in total. The summed E-state index contributed by atoms with van der Waals surface area (Å²) < 4.78 is 0. The Morgan fingerprint density at radius 1 is 0.490 bits per heavy atom. The lowest BCUT2D eigenvalue weighted by Crippen LogP contribution is -2.13. The van der Waals surface area contributed by atoms with E-state index in [1.165, 1.54) is 43.8 Å². The van der Waals surface area contributed by atoms with E-state index in [1.54, 1.807) is 0 Å². The predicted octanol–water partition coefficient (Wildman–Crippen LogP) is 12.0. The van der Waals surface area contributed by atoms with Gasteiger partial charge in [-0.15, -0.1) is 0 Å². The highest BCUT2D eigenvalue weighted by Gasteiger charge is 2.18. The van der Waals surface area contributed by atoms with E-state index in [1.807, 2.05) is 48.7 Å². The minimum atomic E-state index is 0.353. The molecule has 0 spiro atoms. The molecule has 0 aliphatic heterocycles. The van der Waals surface area contributed by atoms with Gasteiger partial charge in [0, 0.05) is 17.1 Å². The van der Waals surface area contributed by atoms with Gasteiger partial charge >= 0.3 is 0 Å². The zero-order valence-corrected chi connectivity index (χ0v) is 27.7. The first-order valence-electron chi connectivity index (χ1n) is 17.1. The summed E-state index contributed by atoms with van der Waals surface area (Å²) in [4.78, 5) is 4.60. The molecule has 9 rings (SSSR count). The molecule has 1 aromatic heterocycles. The van der Waals surface area contributed by atoms with Crippen LogP contribution in [0.4, 0.5) is 5.69 Å². The van der Waals surface area contributed by atoms with Crippen molar-refractivity contribution in [1.82, 2.24) is 4.98 Å². The molecule has 4 heteroatoms. The van der Waals surface area contributed by atoms with Crippen molar-refractivity contribution in [3.05, 3.63) is 188 Å². The molecular formula is C47H32N4. The zero-order chi connectivity index (χ0) is 34.1. The largest absolute Gasteiger partial charge is 0.299 e. The van der Waals surface area contributed by atoms with Gasteiger partial charge in [0.15, 0.2) is 0 Å². The average Bonchev–Trinajstić information content (AvgIpc) is 3.20. The van der Waals surface area contributed by atoms with E-state index in [2.05, 4.69) is 149 Å². The summed E-state index contributed by atoms with van der Waals surface area (Å²) >= 11 is 0. The van der Waals surface area contributed by atoms with Crippen LogP contribution in [0, 0.1) is 5.41 Å². The number of nitrogens with zero attached hydrogens (tertiary/aromatic N) is 2. The SMILES string of the molecule is N=C1C=C(c2ccc3c(-c4ccccc4)c4ccccc4c(-c4ccccc4)c3c2)C=CC1=NNc1ccc(-c2cnc3ccccc3c2)cc1. The standard InChI is InChI=1S/C47H32N4/c48-43-29-35(22-26-45(43)51-50-38-23-19-31(20-24-38)37-27-36-15-7-10-18-44(36)49-30-37)34-21-25-41-42(28-34)47(33-13-5-2-6-14-33)40-17-9-8-16-39(40)46(41)32-11-3-1-4-12-32/h1-30,48,50H. The molecule has 2 N–H and O–H groups in total. The fourth-order valence-electron chi connectivity index (χ4n) is 7.09. The fourth-order valence-corrected chi connectivity index (χ4v) is 7.09. The van der Waals surface area contributed by atoms with Crippen LogP contribution in [-0.4, -0.2) is 16.4 Å². The van der Waals surface area contributed by atoms with E-state index in [0.29, 0.717) is 11.4 Å². The normalized spacial score (nSPS) is 13.6. The second-order valence-corrected chi connectivity index (χ2v) is 12.7. The van der Waals surface area contributed by atoms with Gasteiger partial charge in [0.1, 0.15) is 5.71 Å². The molecular weight excluding hydrogens is 621 g/mol. The molecule has 0 amide bonds. The predicted molar refractivity (Wildman–Crippen MR) is 215 cm³/mol. The lowest BCUT2D eigenvalue weighted by Gasteiger charge is -2.19. The van der Waals surface area contributed by atoms with E-state index in [9.17, 15) is 0 Å². The van der Waals surface area contributed by atoms with E-state index in [0.717, 1.165) is 38.9 Å². The third-order valence-corrected chi connectivity index (χ3v) is 9.59. The number of para-hydroxylation sites is 1. The van der Waals surface area contributed by atoms with Crippen molar-refractivity contribution < 1.29 is 0 Å². The van der Waals surface area contributed by atoms with Crippen LogP contribution in [0.15, 0.2) is 187 Å². The third-order valence-electron chi connectivity index (χ3n) is 9.59. The molecule has 0 bridgehead atoms. The summed E-state index contributed by atoms with van der Waals surface area (Å²) in [6.07, 6.45) is 7.78. The maximum absolute atomic E-state index is 8.89. The molecule has 7 aromatic carbocycles. The average molecular weight is 653 g/mol. The van der Waals surface area contributed by atoms with Gasteiger partial charge in [-0.05, 0) is 103 Å². The molecule has 0 radical (unpaired) electrons. The van der Waals surface area contributed by atoms with Crippen LogP contribution >= 0.6 is 0 Å². The van der Waals surface area contributed by atoms with Gasteiger partial charge in [0.25, 0.3) is 0 Å². The maximum atomic E-state index is 8.89. The van der Waals surface area contributed by atoms with Crippen molar-refractivity contribution in [2.24, 2.45) is 5.10 Å². The van der Waals surface area contributed by atoms with Crippen LogP contribution in [0.1, 0.15) is 5.56 Å². The van der Waals surface area contributed by atoms with Gasteiger partial charge in [-0.2, -0.15) is 5.10 Å². The van der Waals surface area contributed by atoms with Crippen LogP contribution in [0.5, 0.6) is 0 Å². The highest BCUT2D eigenvalue weighted by atomic mass is 15.3. The third kappa shape index (κ3) is 5.69. The number of rotatable bonds is 6. The smallest absolute Gasteiger partial charge is 0.108 e. The molecule has 51 heavy (non-hydrogen) atoms. The Bertz CT molecular complexity index is 2710. The Hall–Kier alpha value is -6.91. The highest BCUT2D eigenvalue weighted by molar-refractivity contribution is 6.51. The highest BCUT2D eigenvalue weighted by Crippen LogP contribution is 2.44. The zero-order valence-electron chi connectivity index (χ0n) is 27.7. The van der Waals surface area contributed by atoms with Crippen molar-refractivity contribution >= 4 is 55.1 Å². The lowest BCUT2D eigenvalue weighted by molar-refractivity contribution is 1.34. The van der Waals surface area contributed by atoms with Crippen LogP contribution in [0.3, 0.4) is 0 Å². The van der Waals surface area contributed by atoms with Crippen molar-refractivity contribution in [2.45, 2.75) is 0 Å². The maximum Gasteiger partial charge on any atom is 0.108 e. The number of benzene rings is 7. The lowest BCUT2D eigenvalue weighted by atomic mass is 9.84. The Morgan fingerprint density at radius 3 is 1.80 bits per heavy atom. The second-order valence-electron chi connectivity index (χ2n) is 12.7. The van der Waals surface area contributed by atoms with Crippen molar-refractivity contribution in [3.63, 3.8) is 0 Å². The number of hydrogen-bond acceptors (Lipinski definition) is 4. The second kappa shape index (κ2) is 12.8. The van der Waals surface area contributed by atoms with Crippen molar-refractivity contribution in [1.29, 1.82) is 5.41 Å². The van der Waals surface area contributed by atoms with E-state index in [-0.39, 0.29) is 0 Å². The van der Waals surface area contributed by atoms with Gasteiger partial charge in [-0.1, -0.05) is 133 Å². The molecule has 1 aliphatic rings. The molecule has 0 atom stereocenters. The van der Waals surface area contributed by atoms with E-state index in [4.69, 9.17) is 5.41 Å². The Morgan fingerprint density at radius 2 is 1.10 bits per heavy atom. The van der Waals surface area contributed by atoms with Crippen LogP contribution < -0.4 is 5.43 Å². The summed E-state index contributed by atoms with van der Waals surface area (Å²) in [7, 11) is 0. The van der Waals surface area contributed by atoms with Gasteiger partial charge < -0.3 is 0 Å². The number of hydrazone groups is 1. The van der Waals surface area contributed by atoms with Crippen molar-refractivity contribution in [3.8, 4) is 33.4 Å². The van der Waals surface area contributed by atoms with Crippen molar-refractivity contribution in [2.75, 3.05) is 5.43 Å². The Kier molecular flexibility index (Phi) is 7.60. The topological polar surface area (TPSA) is 61.1 Å². The number of hydrogen-bond donors (Lipinski definition) is 2. The van der Waals surface area contributed by atoms with Gasteiger partial charge in [0.2, 0.25) is 0 Å². The molecule has 0 saturated carbocycles. The summed E-state index contributed by atoms with van der Waals surface area (Å²) in [6, 6.07) is 55.1. The summed E-state index contributed by atoms with van der Waals surface area (Å²) in [5.74, 6) is 0. The van der Waals surface area contributed by atoms with Gasteiger partial charge in [0.05, 0.1) is 16.9 Å². The molecule has 8 aromatic rings. The first-order valence-corrected chi connectivity index (χ1v) is 17.1. The summed E-state index contributed by atoms with van der Waals surface area (Å²) in [5.41, 5.74) is 14.9. The first-order chi connectivity index (χ1) is 25.2. The minimum absolute atomic E-state index is 0.353. The minimum Gasteiger partial charge on any atom is -0.299 e. The molecule has 0 saturated heterocycles. The van der Waals surface area contributed by atoms with Crippen LogP contribution in [0.25, 0.3) is 71.4 Å². The first kappa shape index (κ1) is 30.2. The quantitative estimate of drug-likeness (QED) is 0.107. The number of fused-ring (bicyclic) bond motifs is 3. The van der Waals surface area contributed by atoms with Crippen LogP contribution in [-0.2, 0) is 0 Å². The summed E-state index contributed by atoms with van der Waals surface area (Å²) in [6.45, 7) is 0. The fraction of sp³-hybridized carbons (Fsp3) is 0. The molecule has 0 unspecified atom stereocenters. The number of aromatic nitrogens is 1. The molecule has 240 valence electrons. The number of anilines is 1. The molecule has 1 aliphatic carbocycles. The summed E-state index contributed by atoms with van der Waals surface area (Å²) in [5, 5.41) is 19.4. The monoisotopic (exact) mass is 652 g/mol. The Balaban J connectivity index is 1.04. The van der Waals surface area contributed by atoms with E-state index < -0.39 is 0 Å². The number of allylic oxidation sites excluding steroid dienone is 4. The van der Waals surface area contributed by atoms with Gasteiger partial charge in [-0.3, -0.25) is 15.8 Å². The molecule has 0 fully saturated rings. The number of pyridine rings is 1. The molecule has 1 heterocycles.